The molecule has 3 rings (SSSR count). The van der Waals surface area contributed by atoms with Gasteiger partial charge in [0.05, 0.1) is 13.0 Å². The molecule has 0 aliphatic heterocycles. The number of rotatable bonds is 9. The molecular weight excluding hydrogens is 363 g/mol. The zero-order valence-electron chi connectivity index (χ0n) is 15.7. The van der Waals surface area contributed by atoms with Crippen LogP contribution in [0.1, 0.15) is 42.4 Å². The van der Waals surface area contributed by atoms with Crippen LogP contribution in [0.4, 0.5) is 4.39 Å². The van der Waals surface area contributed by atoms with Crippen molar-refractivity contribution in [2.75, 3.05) is 6.61 Å². The zero-order valence-corrected chi connectivity index (χ0v) is 15.7. The van der Waals surface area contributed by atoms with E-state index >= 15 is 0 Å². The molecule has 0 amide bonds. The summed E-state index contributed by atoms with van der Waals surface area (Å²) < 4.78 is 25.8. The third kappa shape index (κ3) is 5.31. The van der Waals surface area contributed by atoms with Gasteiger partial charge in [0.2, 0.25) is 0 Å². The Kier molecular flexibility index (Phi) is 6.29. The summed E-state index contributed by atoms with van der Waals surface area (Å²) in [6.07, 6.45) is 1.56. The molecular formula is C22H23FO5. The number of ether oxygens (including phenoxy) is 2. The van der Waals surface area contributed by atoms with Gasteiger partial charge >= 0.3 is 11.9 Å². The lowest BCUT2D eigenvalue weighted by Gasteiger charge is -2.20. The highest BCUT2D eigenvalue weighted by Gasteiger charge is 2.35. The molecule has 0 aromatic heterocycles. The first-order valence-electron chi connectivity index (χ1n) is 9.28. The first kappa shape index (κ1) is 19.9. The highest BCUT2D eigenvalue weighted by Crippen LogP contribution is 2.44. The van der Waals surface area contributed by atoms with Gasteiger partial charge in [0.25, 0.3) is 0 Å². The van der Waals surface area contributed by atoms with Gasteiger partial charge in [-0.3, -0.25) is 9.59 Å². The first-order chi connectivity index (χ1) is 13.4. The van der Waals surface area contributed by atoms with Crippen molar-refractivity contribution in [3.63, 3.8) is 0 Å². The Morgan fingerprint density at radius 1 is 1.21 bits per heavy atom. The van der Waals surface area contributed by atoms with E-state index in [9.17, 15) is 14.0 Å². The van der Waals surface area contributed by atoms with E-state index in [1.54, 1.807) is 6.07 Å². The molecule has 1 N–H and O–H groups in total. The van der Waals surface area contributed by atoms with E-state index in [0.29, 0.717) is 11.3 Å². The molecule has 1 fully saturated rings. The van der Waals surface area contributed by atoms with E-state index in [-0.39, 0.29) is 37.0 Å². The summed E-state index contributed by atoms with van der Waals surface area (Å²) in [6.45, 7) is 1.68. The van der Waals surface area contributed by atoms with Gasteiger partial charge in [-0.05, 0) is 42.0 Å². The number of aliphatic carboxylic acids is 1. The third-order valence-corrected chi connectivity index (χ3v) is 4.82. The van der Waals surface area contributed by atoms with Crippen molar-refractivity contribution in [1.82, 2.24) is 0 Å². The van der Waals surface area contributed by atoms with Gasteiger partial charge in [-0.1, -0.05) is 30.3 Å². The van der Waals surface area contributed by atoms with Crippen LogP contribution in [0.2, 0.25) is 0 Å². The van der Waals surface area contributed by atoms with Crippen molar-refractivity contribution in [3.05, 3.63) is 65.0 Å². The first-order valence-corrected chi connectivity index (χ1v) is 9.28. The van der Waals surface area contributed by atoms with Gasteiger partial charge < -0.3 is 14.6 Å². The van der Waals surface area contributed by atoms with Crippen molar-refractivity contribution in [2.45, 2.75) is 38.7 Å². The minimum absolute atomic E-state index is 0.104. The van der Waals surface area contributed by atoms with Crippen molar-refractivity contribution in [2.24, 2.45) is 5.92 Å². The maximum Gasteiger partial charge on any atom is 0.307 e. The average Bonchev–Trinajstić information content (AvgIpc) is 3.47. The second-order valence-corrected chi connectivity index (χ2v) is 7.07. The lowest BCUT2D eigenvalue weighted by atomic mass is 9.92. The van der Waals surface area contributed by atoms with Crippen LogP contribution in [0.5, 0.6) is 5.75 Å². The van der Waals surface area contributed by atoms with Gasteiger partial charge in [-0.2, -0.15) is 0 Å². The van der Waals surface area contributed by atoms with Gasteiger partial charge in [0, 0.05) is 18.4 Å². The molecule has 0 heterocycles. The monoisotopic (exact) mass is 386 g/mol. The molecule has 6 heteroatoms. The number of carboxylic acids is 1. The summed E-state index contributed by atoms with van der Waals surface area (Å²) in [5.74, 6) is -1.63. The number of hydrogen-bond donors (Lipinski definition) is 1. The van der Waals surface area contributed by atoms with Gasteiger partial charge in [0.1, 0.15) is 18.2 Å². The number of esters is 1. The second kappa shape index (κ2) is 8.87. The predicted octanol–water partition coefficient (Wildman–Crippen LogP) is 4.09. The summed E-state index contributed by atoms with van der Waals surface area (Å²) in [4.78, 5) is 22.4. The number of hydrogen-bond acceptors (Lipinski definition) is 4. The lowest BCUT2D eigenvalue weighted by Crippen LogP contribution is -2.15. The number of halogens is 1. The Hall–Kier alpha value is -2.89. The molecule has 1 atom stereocenters. The standard InChI is InChI=1S/C22H23FO5/c1-14(24)27-13-19(16-7-8-16)18-11-21(17(9-20(18)23)10-22(25)26)28-12-15-5-3-2-4-6-15/h2-6,9,11,16,19H,7-8,10,12-13H2,1H3,(H,25,26). The van der Waals surface area contributed by atoms with Crippen molar-refractivity contribution in [3.8, 4) is 5.75 Å². The second-order valence-electron chi connectivity index (χ2n) is 7.07. The van der Waals surface area contributed by atoms with Crippen molar-refractivity contribution in [1.29, 1.82) is 0 Å². The molecule has 1 saturated carbocycles. The van der Waals surface area contributed by atoms with Crippen LogP contribution in [0, 0.1) is 11.7 Å². The lowest BCUT2D eigenvalue weighted by molar-refractivity contribution is -0.141. The Morgan fingerprint density at radius 3 is 2.54 bits per heavy atom. The minimum atomic E-state index is -1.06. The molecule has 1 aliphatic rings. The van der Waals surface area contributed by atoms with Crippen LogP contribution in [0.3, 0.4) is 0 Å². The maximum absolute atomic E-state index is 14.8. The van der Waals surface area contributed by atoms with Gasteiger partial charge in [-0.25, -0.2) is 4.39 Å². The fourth-order valence-electron chi connectivity index (χ4n) is 3.25. The fourth-order valence-corrected chi connectivity index (χ4v) is 3.25. The number of carboxylic acid groups (broad SMARTS) is 1. The van der Waals surface area contributed by atoms with E-state index in [4.69, 9.17) is 14.6 Å². The zero-order chi connectivity index (χ0) is 20.1. The molecule has 0 saturated heterocycles. The smallest absolute Gasteiger partial charge is 0.307 e. The maximum atomic E-state index is 14.8. The average molecular weight is 386 g/mol. The Bertz CT molecular complexity index is 846. The molecule has 0 bridgehead atoms. The third-order valence-electron chi connectivity index (χ3n) is 4.82. The molecule has 5 nitrogen and oxygen atoms in total. The molecule has 28 heavy (non-hydrogen) atoms. The normalized spacial score (nSPS) is 14.4. The summed E-state index contributed by atoms with van der Waals surface area (Å²) in [5, 5.41) is 9.15. The summed E-state index contributed by atoms with van der Waals surface area (Å²) in [7, 11) is 0. The van der Waals surface area contributed by atoms with Crippen molar-refractivity contribution < 1.29 is 28.6 Å². The minimum Gasteiger partial charge on any atom is -0.489 e. The number of carbonyl (C=O) groups excluding carboxylic acids is 1. The molecule has 148 valence electrons. The van der Waals surface area contributed by atoms with Crippen LogP contribution in [0.25, 0.3) is 0 Å². The topological polar surface area (TPSA) is 72.8 Å². The largest absolute Gasteiger partial charge is 0.489 e. The Labute approximate surface area is 163 Å². The number of carbonyl (C=O) groups is 2. The van der Waals surface area contributed by atoms with E-state index in [0.717, 1.165) is 18.4 Å². The molecule has 1 unspecified atom stereocenters. The predicted molar refractivity (Wildman–Crippen MR) is 101 cm³/mol. The summed E-state index contributed by atoms with van der Waals surface area (Å²) in [6, 6.07) is 12.3. The van der Waals surface area contributed by atoms with E-state index < -0.39 is 17.8 Å². The summed E-state index contributed by atoms with van der Waals surface area (Å²) >= 11 is 0. The van der Waals surface area contributed by atoms with Crippen LogP contribution in [-0.4, -0.2) is 23.7 Å². The fraction of sp³-hybridized carbons (Fsp3) is 0.364. The Balaban J connectivity index is 1.89. The van der Waals surface area contributed by atoms with E-state index in [1.165, 1.54) is 13.0 Å². The number of benzene rings is 2. The highest BCUT2D eigenvalue weighted by atomic mass is 19.1. The van der Waals surface area contributed by atoms with E-state index in [2.05, 4.69) is 0 Å². The molecule has 2 aromatic rings. The van der Waals surface area contributed by atoms with Gasteiger partial charge in [-0.15, -0.1) is 0 Å². The highest BCUT2D eigenvalue weighted by molar-refractivity contribution is 5.71. The SMILES string of the molecule is CC(=O)OCC(c1cc(OCc2ccccc2)c(CC(=O)O)cc1F)C1CC1. The molecule has 1 aliphatic carbocycles. The summed E-state index contributed by atoms with van der Waals surface area (Å²) in [5.41, 5.74) is 1.61. The molecule has 0 radical (unpaired) electrons. The van der Waals surface area contributed by atoms with Crippen LogP contribution < -0.4 is 4.74 Å². The quantitative estimate of drug-likeness (QED) is 0.657. The molecule has 0 spiro atoms. The van der Waals surface area contributed by atoms with E-state index in [1.807, 2.05) is 30.3 Å². The Morgan fingerprint density at radius 2 is 1.93 bits per heavy atom. The van der Waals surface area contributed by atoms with Crippen LogP contribution in [-0.2, 0) is 27.4 Å². The van der Waals surface area contributed by atoms with Gasteiger partial charge in [0.15, 0.2) is 0 Å². The molecule has 2 aromatic carbocycles. The van der Waals surface area contributed by atoms with Crippen molar-refractivity contribution >= 4 is 11.9 Å². The van der Waals surface area contributed by atoms with Crippen LogP contribution in [0.15, 0.2) is 42.5 Å². The van der Waals surface area contributed by atoms with Crippen LogP contribution >= 0.6 is 0 Å².